The van der Waals surface area contributed by atoms with Gasteiger partial charge < -0.3 is 32.0 Å². The van der Waals surface area contributed by atoms with E-state index in [0.717, 1.165) is 60.1 Å². The zero-order chi connectivity index (χ0) is 67.4. The van der Waals surface area contributed by atoms with Crippen molar-refractivity contribution >= 4 is 45.7 Å². The van der Waals surface area contributed by atoms with Crippen LogP contribution in [0.2, 0.25) is 0 Å². The van der Waals surface area contributed by atoms with Gasteiger partial charge in [0.25, 0.3) is 0 Å². The van der Waals surface area contributed by atoms with Gasteiger partial charge in [-0.05, 0) is 137 Å². The summed E-state index contributed by atoms with van der Waals surface area (Å²) in [6.07, 6.45) is -2.93. The van der Waals surface area contributed by atoms with Gasteiger partial charge >= 0.3 is 6.36 Å². The van der Waals surface area contributed by atoms with Crippen molar-refractivity contribution in [1.29, 1.82) is 5.26 Å². The first-order chi connectivity index (χ1) is 44.9. The lowest BCUT2D eigenvalue weighted by Gasteiger charge is -2.31. The molecule has 1 aromatic heterocycles. The minimum Gasteiger partial charge on any atom is -0.481 e. The summed E-state index contributed by atoms with van der Waals surface area (Å²) in [7, 11) is 6.29. The summed E-state index contributed by atoms with van der Waals surface area (Å²) >= 11 is 3.53. The molecule has 486 valence electrons. The number of rotatable bonds is 13. The Hall–Kier alpha value is -10.3. The highest BCUT2D eigenvalue weighted by molar-refractivity contribution is 9.10. The van der Waals surface area contributed by atoms with Crippen LogP contribution in [0.5, 0.6) is 11.6 Å². The number of carbonyl (C=O) groups excluding carboxylic acids is 1. The monoisotopic (exact) mass is 1340 g/mol. The number of benzene rings is 7. The molecule has 4 atom stereocenters. The van der Waals surface area contributed by atoms with Gasteiger partial charge in [-0.15, -0.1) is 13.2 Å². The molecule has 4 aliphatic heterocycles. The van der Waals surface area contributed by atoms with Crippen LogP contribution in [0.25, 0.3) is 33.4 Å². The second-order valence-electron chi connectivity index (χ2n) is 22.7. The number of nitrogens with zero attached hydrogens (tertiary/aromatic N) is 9. The maximum absolute atomic E-state index is 12.4. The molecule has 0 fully saturated rings. The van der Waals surface area contributed by atoms with Crippen molar-refractivity contribution in [2.75, 3.05) is 54.6 Å². The molecule has 0 saturated carbocycles. The zero-order valence-corrected chi connectivity index (χ0v) is 54.6. The lowest BCUT2D eigenvalue weighted by Crippen LogP contribution is -2.48. The van der Waals surface area contributed by atoms with E-state index in [1.54, 1.807) is 49.8 Å². The van der Waals surface area contributed by atoms with E-state index in [0.29, 0.717) is 61.1 Å². The van der Waals surface area contributed by atoms with E-state index in [9.17, 15) is 18.0 Å². The Kier molecular flexibility index (Phi) is 21.1. The first kappa shape index (κ1) is 68.1. The van der Waals surface area contributed by atoms with Crippen LogP contribution in [0, 0.1) is 11.3 Å². The van der Waals surface area contributed by atoms with E-state index in [-0.39, 0.29) is 17.6 Å². The summed E-state index contributed by atoms with van der Waals surface area (Å²) < 4.78 is 47.4. The molecule has 4 aliphatic rings. The van der Waals surface area contributed by atoms with Crippen LogP contribution in [-0.2, 0) is 41.5 Å². The normalized spacial score (nSPS) is 20.3. The summed E-state index contributed by atoms with van der Waals surface area (Å²) in [5, 5.41) is 19.9. The molecule has 24 heteroatoms. The number of nitrogens with one attached hydrogen (secondary N) is 2. The topological polar surface area (TPSA) is 261 Å². The van der Waals surface area contributed by atoms with Crippen molar-refractivity contribution in [3.05, 3.63) is 232 Å². The Morgan fingerprint density at radius 3 is 1.46 bits per heavy atom. The zero-order valence-electron chi connectivity index (χ0n) is 53.0. The molecule has 0 saturated heterocycles. The fraction of sp³-hybridized carbons (Fsp3) is 0.243. The van der Waals surface area contributed by atoms with E-state index in [4.69, 9.17) is 41.7 Å². The molecule has 4 unspecified atom stereocenters. The average molecular weight is 1340 g/mol. The number of halogens is 4. The Balaban J connectivity index is 0.000000148. The Labute approximate surface area is 552 Å². The lowest BCUT2D eigenvalue weighted by molar-refractivity contribution is -0.274. The van der Waals surface area contributed by atoms with Gasteiger partial charge in [0, 0.05) is 29.2 Å². The second kappa shape index (κ2) is 29.1. The van der Waals surface area contributed by atoms with Gasteiger partial charge in [-0.2, -0.15) is 5.26 Å². The molecule has 7 aromatic carbocycles. The van der Waals surface area contributed by atoms with E-state index >= 15 is 0 Å². The quantitative estimate of drug-likeness (QED) is 0.0719. The Morgan fingerprint density at radius 1 is 0.574 bits per heavy atom. The number of guanidine groups is 4. The van der Waals surface area contributed by atoms with Crippen LogP contribution in [0.4, 0.5) is 13.2 Å². The van der Waals surface area contributed by atoms with Crippen molar-refractivity contribution in [1.82, 2.24) is 30.8 Å². The first-order valence-corrected chi connectivity index (χ1v) is 30.3. The largest absolute Gasteiger partial charge is 0.573 e. The van der Waals surface area contributed by atoms with E-state index in [2.05, 4.69) is 105 Å². The standard InChI is InChI=1S/C18H18F3N3O2.C18H18N4O.C17H16BrN3O.C17H20N4O2/c1-17(11-24(25-2)16(22)23-17)14-7-3-5-12(9-14)13-6-4-8-15(10-13)26-18(19,20)21;1-18(12-22(23-2)17(20)21-18)16-8-4-7-15(10-16)14-6-3-5-13(9-14)11-19;1-12(22)20-16-19-11-17(21-16,13-6-3-2-4-7-13)14-8-5-9-15(18)10-14;1-17(11-21(23-3)16(18)20-17)14-6-4-5-12(9-14)13-7-8-15(22-2)19-10-13/h3-10H,11H2,1-2H3,(H2,22,23);3-10H,12H2,1-2H3,(H2,20,21);2-10H,11H2,1H3,(H2,19,20,21,22);4-10H,11H2,1-3H3,(H2,18,20). The molecule has 1 amide bonds. The highest BCUT2D eigenvalue weighted by Gasteiger charge is 2.41. The molecular weight excluding hydrogens is 1270 g/mol. The number of hydroxylamine groups is 6. The average Bonchev–Trinajstić information content (AvgIpc) is 1.59. The predicted octanol–water partition coefficient (Wildman–Crippen LogP) is 11.2. The van der Waals surface area contributed by atoms with Crippen molar-refractivity contribution in [3.63, 3.8) is 0 Å². The second-order valence-corrected chi connectivity index (χ2v) is 23.7. The molecule has 94 heavy (non-hydrogen) atoms. The first-order valence-electron chi connectivity index (χ1n) is 29.5. The van der Waals surface area contributed by atoms with Gasteiger partial charge in [0.05, 0.1) is 66.3 Å². The Bertz CT molecular complexity index is 4170. The minimum atomic E-state index is -4.73. The van der Waals surface area contributed by atoms with Crippen LogP contribution >= 0.6 is 15.9 Å². The van der Waals surface area contributed by atoms with Crippen molar-refractivity contribution in [2.24, 2.45) is 37.2 Å². The van der Waals surface area contributed by atoms with Gasteiger partial charge in [-0.1, -0.05) is 137 Å². The van der Waals surface area contributed by atoms with Crippen LogP contribution in [0.1, 0.15) is 61.1 Å². The molecule has 20 nitrogen and oxygen atoms in total. The smallest absolute Gasteiger partial charge is 0.481 e. The summed E-state index contributed by atoms with van der Waals surface area (Å²) in [4.78, 5) is 49.2. The maximum atomic E-state index is 12.4. The van der Waals surface area contributed by atoms with E-state index in [1.165, 1.54) is 37.3 Å². The Morgan fingerprint density at radius 2 is 1.02 bits per heavy atom. The minimum absolute atomic E-state index is 0.135. The summed E-state index contributed by atoms with van der Waals surface area (Å²) in [6.45, 7) is 9.59. The molecule has 0 bridgehead atoms. The highest BCUT2D eigenvalue weighted by Crippen LogP contribution is 2.39. The number of hydrogen-bond donors (Lipinski definition) is 5. The number of ether oxygens (including phenoxy) is 2. The number of nitriles is 1. The molecule has 8 N–H and O–H groups in total. The molecule has 0 radical (unpaired) electrons. The predicted molar refractivity (Wildman–Crippen MR) is 360 cm³/mol. The van der Waals surface area contributed by atoms with Gasteiger partial charge in [0.2, 0.25) is 29.7 Å². The van der Waals surface area contributed by atoms with Gasteiger partial charge in [0.15, 0.2) is 5.96 Å². The van der Waals surface area contributed by atoms with Gasteiger partial charge in [0.1, 0.15) is 27.9 Å². The number of methoxy groups -OCH3 is 1. The van der Waals surface area contributed by atoms with Crippen LogP contribution in [0.3, 0.4) is 0 Å². The molecule has 0 aliphatic carbocycles. The summed E-state index contributed by atoms with van der Waals surface area (Å²) in [5.74, 6) is 1.76. The van der Waals surface area contributed by atoms with E-state index < -0.39 is 28.5 Å². The third kappa shape index (κ3) is 16.1. The molecule has 12 rings (SSSR count). The summed E-state index contributed by atoms with van der Waals surface area (Å²) in [6, 6.07) is 61.5. The summed E-state index contributed by atoms with van der Waals surface area (Å²) in [5.41, 5.74) is 27.1. The molecule has 8 aromatic rings. The van der Waals surface area contributed by atoms with E-state index in [1.807, 2.05) is 136 Å². The number of amides is 1. The van der Waals surface area contributed by atoms with Crippen molar-refractivity contribution in [2.45, 2.75) is 56.2 Å². The number of aliphatic imine (C=N–C) groups is 4. The maximum Gasteiger partial charge on any atom is 0.573 e. The van der Waals surface area contributed by atoms with Crippen LogP contribution < -0.4 is 37.3 Å². The fourth-order valence-electron chi connectivity index (χ4n) is 11.2. The third-order valence-corrected chi connectivity index (χ3v) is 16.5. The van der Waals surface area contributed by atoms with Crippen LogP contribution in [0.15, 0.2) is 219 Å². The van der Waals surface area contributed by atoms with Crippen LogP contribution in [-0.4, -0.2) is 111 Å². The number of hydrogen-bond acceptors (Lipinski definition) is 19. The molecule has 0 spiro atoms. The lowest BCUT2D eigenvalue weighted by atomic mass is 9.83. The highest BCUT2D eigenvalue weighted by atomic mass is 79.9. The molecule has 5 heterocycles. The van der Waals surface area contributed by atoms with Crippen molar-refractivity contribution in [3.8, 4) is 51.1 Å². The number of carbonyl (C=O) groups is 1. The number of alkyl halides is 3. The number of aromatic nitrogens is 1. The number of nitrogens with two attached hydrogens (primary N) is 3. The van der Waals surface area contributed by atoms with Gasteiger partial charge in [-0.25, -0.2) is 40.1 Å². The SMILES string of the molecule is CC(=O)NC1=NCC(c2ccccc2)(c2cccc(Br)c2)N1.CON1CC(C)(c2cccc(-c3cccc(C#N)c3)c2)N=C1N.CON1CC(C)(c2cccc(-c3cccc(OC(F)(F)F)c3)c2)N=C1N.COc1ccc(-c2cccc(C3(C)CN(OC)C(N)=N3)c2)cn1. The molecular formula is C70H72BrF3N14O6. The van der Waals surface area contributed by atoms with Crippen molar-refractivity contribution < 1.29 is 42.0 Å². The van der Waals surface area contributed by atoms with Gasteiger partial charge in [-0.3, -0.25) is 24.6 Å². The third-order valence-electron chi connectivity index (χ3n) is 16.0. The fourth-order valence-corrected chi connectivity index (χ4v) is 11.6. The number of pyridine rings is 1.